The van der Waals surface area contributed by atoms with Crippen molar-refractivity contribution in [3.63, 3.8) is 0 Å². The van der Waals surface area contributed by atoms with Crippen LogP contribution in [-0.2, 0) is 0 Å². The van der Waals surface area contributed by atoms with Gasteiger partial charge in [0.2, 0.25) is 0 Å². The lowest BCUT2D eigenvalue weighted by Crippen LogP contribution is -2.39. The Labute approximate surface area is 123 Å². The Bertz CT molecular complexity index is 390. The minimum atomic E-state index is 0.0984. The maximum Gasteiger partial charge on any atom is 0.119 e. The second-order valence-electron chi connectivity index (χ2n) is 5.78. The summed E-state index contributed by atoms with van der Waals surface area (Å²) in [5.74, 6) is 1.78. The molecule has 2 unspecified atom stereocenters. The number of hydrogen-bond donors (Lipinski definition) is 1. The highest BCUT2D eigenvalue weighted by Crippen LogP contribution is 2.22. The van der Waals surface area contributed by atoms with Crippen LogP contribution in [0, 0.1) is 5.92 Å². The van der Waals surface area contributed by atoms with Crippen molar-refractivity contribution in [3.05, 3.63) is 29.8 Å². The third kappa shape index (κ3) is 4.22. The molecule has 0 aromatic heterocycles. The van der Waals surface area contributed by atoms with Gasteiger partial charge >= 0.3 is 0 Å². The van der Waals surface area contributed by atoms with E-state index in [1.807, 2.05) is 19.1 Å². The first-order valence-electron chi connectivity index (χ1n) is 7.93. The fraction of sp³-hybridized carbons (Fsp3) is 0.647. The van der Waals surface area contributed by atoms with Gasteiger partial charge in [-0.25, -0.2) is 0 Å². The molecule has 1 heterocycles. The Morgan fingerprint density at radius 1 is 1.30 bits per heavy atom. The van der Waals surface area contributed by atoms with Gasteiger partial charge in [0.1, 0.15) is 5.75 Å². The molecule has 20 heavy (non-hydrogen) atoms. The van der Waals surface area contributed by atoms with E-state index in [-0.39, 0.29) is 6.04 Å². The van der Waals surface area contributed by atoms with Crippen LogP contribution in [0.25, 0.3) is 0 Å². The van der Waals surface area contributed by atoms with Gasteiger partial charge in [0, 0.05) is 19.1 Å². The molecule has 2 N–H and O–H groups in total. The molecule has 3 nitrogen and oxygen atoms in total. The van der Waals surface area contributed by atoms with Gasteiger partial charge in [-0.15, -0.1) is 0 Å². The van der Waals surface area contributed by atoms with E-state index in [9.17, 15) is 0 Å². The van der Waals surface area contributed by atoms with Crippen LogP contribution in [0.15, 0.2) is 24.3 Å². The maximum absolute atomic E-state index is 6.35. The summed E-state index contributed by atoms with van der Waals surface area (Å²) in [5, 5.41) is 0. The van der Waals surface area contributed by atoms with Gasteiger partial charge in [-0.1, -0.05) is 25.5 Å². The maximum atomic E-state index is 6.35. The fourth-order valence-corrected chi connectivity index (χ4v) is 3.01. The molecule has 1 aromatic rings. The standard InChI is InChI=1S/C17H28N2O/c1-3-14-6-5-11-19(12-14)13-17(18)15-7-9-16(10-8-15)20-4-2/h7-10,14,17H,3-6,11-13,18H2,1-2H3. The molecule has 0 spiro atoms. The van der Waals surface area contributed by atoms with Crippen LogP contribution >= 0.6 is 0 Å². The number of likely N-dealkylation sites (tertiary alicyclic amines) is 1. The summed E-state index contributed by atoms with van der Waals surface area (Å²) in [7, 11) is 0. The zero-order valence-electron chi connectivity index (χ0n) is 12.8. The van der Waals surface area contributed by atoms with Crippen molar-refractivity contribution < 1.29 is 4.74 Å². The largest absolute Gasteiger partial charge is 0.494 e. The highest BCUT2D eigenvalue weighted by Gasteiger charge is 2.20. The fourth-order valence-electron chi connectivity index (χ4n) is 3.01. The number of benzene rings is 1. The van der Waals surface area contributed by atoms with Gasteiger partial charge in [-0.3, -0.25) is 0 Å². The first kappa shape index (κ1) is 15.3. The van der Waals surface area contributed by atoms with Crippen LogP contribution in [-0.4, -0.2) is 31.1 Å². The Hall–Kier alpha value is -1.06. The van der Waals surface area contributed by atoms with Gasteiger partial charge in [-0.2, -0.15) is 0 Å². The van der Waals surface area contributed by atoms with Gasteiger partial charge in [-0.05, 0) is 49.9 Å². The molecule has 1 fully saturated rings. The molecule has 112 valence electrons. The van der Waals surface area contributed by atoms with Gasteiger partial charge < -0.3 is 15.4 Å². The lowest BCUT2D eigenvalue weighted by atomic mass is 9.95. The Kier molecular flexibility index (Phi) is 5.86. The zero-order chi connectivity index (χ0) is 14.4. The molecular weight excluding hydrogens is 248 g/mol. The molecular formula is C17H28N2O. The molecule has 0 bridgehead atoms. The molecule has 1 saturated heterocycles. The van der Waals surface area contributed by atoms with E-state index >= 15 is 0 Å². The molecule has 0 amide bonds. The highest BCUT2D eigenvalue weighted by atomic mass is 16.5. The molecule has 0 saturated carbocycles. The van der Waals surface area contributed by atoms with Crippen molar-refractivity contribution >= 4 is 0 Å². The topological polar surface area (TPSA) is 38.5 Å². The number of piperidine rings is 1. The summed E-state index contributed by atoms with van der Waals surface area (Å²) in [4.78, 5) is 2.53. The number of nitrogens with zero attached hydrogens (tertiary/aromatic N) is 1. The van der Waals surface area contributed by atoms with Crippen LogP contribution in [0.2, 0.25) is 0 Å². The van der Waals surface area contributed by atoms with Crippen LogP contribution in [0.3, 0.4) is 0 Å². The van der Waals surface area contributed by atoms with Gasteiger partial charge in [0.25, 0.3) is 0 Å². The Balaban J connectivity index is 1.88. The molecule has 0 aliphatic carbocycles. The molecule has 2 atom stereocenters. The van der Waals surface area contributed by atoms with Crippen molar-refractivity contribution in [2.24, 2.45) is 11.7 Å². The molecule has 1 aliphatic rings. The lowest BCUT2D eigenvalue weighted by Gasteiger charge is -2.33. The summed E-state index contributed by atoms with van der Waals surface area (Å²) < 4.78 is 5.47. The van der Waals surface area contributed by atoms with Crippen molar-refractivity contribution in [2.45, 2.75) is 39.2 Å². The Morgan fingerprint density at radius 3 is 2.70 bits per heavy atom. The van der Waals surface area contributed by atoms with E-state index in [1.54, 1.807) is 0 Å². The van der Waals surface area contributed by atoms with Crippen molar-refractivity contribution in [1.82, 2.24) is 4.90 Å². The summed E-state index contributed by atoms with van der Waals surface area (Å²) in [5.41, 5.74) is 7.56. The average Bonchev–Trinajstić information content (AvgIpc) is 2.48. The van der Waals surface area contributed by atoms with Crippen LogP contribution < -0.4 is 10.5 Å². The number of nitrogens with two attached hydrogens (primary N) is 1. The molecule has 3 heteroatoms. The van der Waals surface area contributed by atoms with Gasteiger partial charge in [0.15, 0.2) is 0 Å². The SMILES string of the molecule is CCOc1ccc(C(N)CN2CCCC(CC)C2)cc1. The molecule has 1 aromatic carbocycles. The summed E-state index contributed by atoms with van der Waals surface area (Å²) >= 11 is 0. The van der Waals surface area contributed by atoms with E-state index < -0.39 is 0 Å². The van der Waals surface area contributed by atoms with Crippen LogP contribution in [0.5, 0.6) is 5.75 Å². The highest BCUT2D eigenvalue weighted by molar-refractivity contribution is 5.29. The summed E-state index contributed by atoms with van der Waals surface area (Å²) in [6.45, 7) is 8.37. The number of rotatable bonds is 6. The minimum absolute atomic E-state index is 0.0984. The summed E-state index contributed by atoms with van der Waals surface area (Å²) in [6, 6.07) is 8.32. The van der Waals surface area contributed by atoms with E-state index in [2.05, 4.69) is 24.0 Å². The summed E-state index contributed by atoms with van der Waals surface area (Å²) in [6.07, 6.45) is 3.98. The molecule has 0 radical (unpaired) electrons. The third-order valence-electron chi connectivity index (χ3n) is 4.25. The predicted molar refractivity (Wildman–Crippen MR) is 84.0 cm³/mol. The van der Waals surface area contributed by atoms with Crippen LogP contribution in [0.4, 0.5) is 0 Å². The first-order chi connectivity index (χ1) is 9.72. The van der Waals surface area contributed by atoms with Crippen molar-refractivity contribution in [2.75, 3.05) is 26.2 Å². The van der Waals surface area contributed by atoms with E-state index in [0.29, 0.717) is 6.61 Å². The lowest BCUT2D eigenvalue weighted by molar-refractivity contribution is 0.163. The van der Waals surface area contributed by atoms with Gasteiger partial charge in [0.05, 0.1) is 6.61 Å². The minimum Gasteiger partial charge on any atom is -0.494 e. The van der Waals surface area contributed by atoms with E-state index in [4.69, 9.17) is 10.5 Å². The van der Waals surface area contributed by atoms with E-state index in [0.717, 1.165) is 18.2 Å². The monoisotopic (exact) mass is 276 g/mol. The smallest absolute Gasteiger partial charge is 0.119 e. The molecule has 1 aliphatic heterocycles. The first-order valence-corrected chi connectivity index (χ1v) is 7.93. The third-order valence-corrected chi connectivity index (χ3v) is 4.25. The second kappa shape index (κ2) is 7.65. The van der Waals surface area contributed by atoms with Crippen molar-refractivity contribution in [1.29, 1.82) is 0 Å². The average molecular weight is 276 g/mol. The number of ether oxygens (including phenoxy) is 1. The van der Waals surface area contributed by atoms with Crippen LogP contribution in [0.1, 0.15) is 44.7 Å². The quantitative estimate of drug-likeness (QED) is 0.867. The molecule has 2 rings (SSSR count). The number of hydrogen-bond acceptors (Lipinski definition) is 3. The van der Waals surface area contributed by atoms with E-state index in [1.165, 1.54) is 37.9 Å². The second-order valence-corrected chi connectivity index (χ2v) is 5.78. The Morgan fingerprint density at radius 2 is 2.05 bits per heavy atom. The zero-order valence-corrected chi connectivity index (χ0v) is 12.8. The normalized spacial score (nSPS) is 21.6. The van der Waals surface area contributed by atoms with Crippen molar-refractivity contribution in [3.8, 4) is 5.75 Å². The predicted octanol–water partition coefficient (Wildman–Crippen LogP) is 3.21.